The van der Waals surface area contributed by atoms with Crippen LogP contribution >= 0.6 is 0 Å². The lowest BCUT2D eigenvalue weighted by molar-refractivity contribution is -0.181. The number of para-hydroxylation sites is 1. The molecule has 2 heterocycles. The van der Waals surface area contributed by atoms with Crippen molar-refractivity contribution in [3.05, 3.63) is 29.8 Å². The van der Waals surface area contributed by atoms with Gasteiger partial charge in [0.15, 0.2) is 6.23 Å². The van der Waals surface area contributed by atoms with Crippen molar-refractivity contribution < 1.29 is 22.7 Å². The molecule has 6 heteroatoms. The summed E-state index contributed by atoms with van der Waals surface area (Å²) in [5.41, 5.74) is 0.741. The predicted molar refractivity (Wildman–Crippen MR) is 55.6 cm³/mol. The normalized spacial score (nSPS) is 26.6. The average molecular weight is 257 g/mol. The van der Waals surface area contributed by atoms with E-state index in [1.54, 1.807) is 24.3 Å². The van der Waals surface area contributed by atoms with E-state index in [0.29, 0.717) is 5.75 Å². The van der Waals surface area contributed by atoms with Crippen LogP contribution in [0.4, 0.5) is 13.2 Å². The van der Waals surface area contributed by atoms with Gasteiger partial charge in [0, 0.05) is 12.0 Å². The number of carbonyl (C=O) groups excluding carboxylic acids is 1. The number of benzene rings is 1. The van der Waals surface area contributed by atoms with Gasteiger partial charge < -0.3 is 9.64 Å². The van der Waals surface area contributed by atoms with Crippen LogP contribution in [0, 0.1) is 5.92 Å². The van der Waals surface area contributed by atoms with Crippen molar-refractivity contribution >= 4 is 5.91 Å². The summed E-state index contributed by atoms with van der Waals surface area (Å²) in [6, 6.07) is 6.98. The van der Waals surface area contributed by atoms with Crippen molar-refractivity contribution in [3.8, 4) is 5.75 Å². The number of alkyl halides is 3. The van der Waals surface area contributed by atoms with E-state index in [2.05, 4.69) is 0 Å². The fraction of sp³-hybridized carbons (Fsp3) is 0.417. The third-order valence-electron chi connectivity index (χ3n) is 3.34. The van der Waals surface area contributed by atoms with Crippen LogP contribution in [0.1, 0.15) is 12.0 Å². The molecule has 1 aromatic rings. The highest BCUT2D eigenvalue weighted by molar-refractivity contribution is 5.82. The van der Waals surface area contributed by atoms with Gasteiger partial charge in [-0.15, -0.1) is 0 Å². The van der Waals surface area contributed by atoms with E-state index in [1.165, 1.54) is 4.90 Å². The van der Waals surface area contributed by atoms with E-state index < -0.39 is 24.2 Å². The molecule has 2 unspecified atom stereocenters. The van der Waals surface area contributed by atoms with Gasteiger partial charge in [-0.05, 0) is 6.07 Å². The molecule has 1 fully saturated rings. The Morgan fingerprint density at radius 1 is 1.28 bits per heavy atom. The molecule has 0 spiro atoms. The predicted octanol–water partition coefficient (Wildman–Crippen LogP) is 2.32. The number of carbonyl (C=O) groups is 1. The lowest BCUT2D eigenvalue weighted by Crippen LogP contribution is -2.40. The number of hydrogen-bond acceptors (Lipinski definition) is 2. The SMILES string of the molecule is O=C1C(C(F)(F)F)CC2Oc3ccccc3CN12. The lowest BCUT2D eigenvalue weighted by Gasteiger charge is -2.31. The van der Waals surface area contributed by atoms with Crippen molar-refractivity contribution in [1.29, 1.82) is 0 Å². The quantitative estimate of drug-likeness (QED) is 0.713. The Bertz CT molecular complexity index is 500. The minimum atomic E-state index is -4.50. The van der Waals surface area contributed by atoms with Crippen LogP contribution in [0.2, 0.25) is 0 Å². The van der Waals surface area contributed by atoms with Gasteiger partial charge >= 0.3 is 6.18 Å². The minimum absolute atomic E-state index is 0.187. The van der Waals surface area contributed by atoms with E-state index >= 15 is 0 Å². The summed E-state index contributed by atoms with van der Waals surface area (Å²) in [5.74, 6) is -2.26. The average Bonchev–Trinajstić information content (AvgIpc) is 2.64. The fourth-order valence-electron chi connectivity index (χ4n) is 2.42. The van der Waals surface area contributed by atoms with Gasteiger partial charge in [0.05, 0.1) is 6.54 Å². The zero-order chi connectivity index (χ0) is 12.9. The molecule has 3 rings (SSSR count). The molecule has 0 aromatic heterocycles. The zero-order valence-corrected chi connectivity index (χ0v) is 9.28. The summed E-state index contributed by atoms with van der Waals surface area (Å²) < 4.78 is 43.5. The maximum Gasteiger partial charge on any atom is 0.400 e. The highest BCUT2D eigenvalue weighted by atomic mass is 19.4. The van der Waals surface area contributed by atoms with Crippen molar-refractivity contribution in [2.75, 3.05) is 0 Å². The third kappa shape index (κ3) is 1.63. The number of halogens is 3. The largest absolute Gasteiger partial charge is 0.470 e. The molecule has 2 aliphatic heterocycles. The van der Waals surface area contributed by atoms with Gasteiger partial charge in [-0.25, -0.2) is 0 Å². The van der Waals surface area contributed by atoms with E-state index in [4.69, 9.17) is 4.74 Å². The molecule has 18 heavy (non-hydrogen) atoms. The van der Waals surface area contributed by atoms with E-state index in [-0.39, 0.29) is 13.0 Å². The number of fused-ring (bicyclic) bond motifs is 2. The molecular formula is C12H10F3NO2. The second kappa shape index (κ2) is 3.63. The summed E-state index contributed by atoms with van der Waals surface area (Å²) in [4.78, 5) is 12.9. The number of ether oxygens (including phenoxy) is 1. The summed E-state index contributed by atoms with van der Waals surface area (Å²) >= 11 is 0. The van der Waals surface area contributed by atoms with Crippen LogP contribution in [-0.2, 0) is 11.3 Å². The zero-order valence-electron chi connectivity index (χ0n) is 9.28. The molecule has 1 saturated heterocycles. The molecule has 3 nitrogen and oxygen atoms in total. The van der Waals surface area contributed by atoms with Gasteiger partial charge in [0.2, 0.25) is 5.91 Å². The van der Waals surface area contributed by atoms with Gasteiger partial charge in [0.1, 0.15) is 11.7 Å². The molecule has 0 bridgehead atoms. The monoisotopic (exact) mass is 257 g/mol. The Morgan fingerprint density at radius 3 is 2.72 bits per heavy atom. The van der Waals surface area contributed by atoms with Gasteiger partial charge in [-0.3, -0.25) is 4.79 Å². The standard InChI is InChI=1S/C12H10F3NO2/c13-12(14,15)8-5-10-16(11(8)17)6-7-3-1-2-4-9(7)18-10/h1-4,8,10H,5-6H2. The molecule has 2 atom stereocenters. The minimum Gasteiger partial charge on any atom is -0.470 e. The molecule has 0 N–H and O–H groups in total. The number of hydrogen-bond donors (Lipinski definition) is 0. The summed E-state index contributed by atoms with van der Waals surface area (Å²) in [5, 5.41) is 0. The first kappa shape index (κ1) is 11.4. The van der Waals surface area contributed by atoms with Crippen molar-refractivity contribution in [1.82, 2.24) is 4.90 Å². The van der Waals surface area contributed by atoms with Gasteiger partial charge in [0.25, 0.3) is 0 Å². The van der Waals surface area contributed by atoms with E-state index in [9.17, 15) is 18.0 Å². The lowest BCUT2D eigenvalue weighted by atomic mass is 10.1. The van der Waals surface area contributed by atoms with Crippen LogP contribution in [-0.4, -0.2) is 23.2 Å². The van der Waals surface area contributed by atoms with Crippen LogP contribution in [0.25, 0.3) is 0 Å². The Labute approximate surface area is 101 Å². The molecule has 0 radical (unpaired) electrons. The fourth-order valence-corrected chi connectivity index (χ4v) is 2.42. The molecule has 0 saturated carbocycles. The summed E-state index contributed by atoms with van der Waals surface area (Å²) in [7, 11) is 0. The van der Waals surface area contributed by atoms with Gasteiger partial charge in [-0.1, -0.05) is 18.2 Å². The topological polar surface area (TPSA) is 29.5 Å². The van der Waals surface area contributed by atoms with Gasteiger partial charge in [-0.2, -0.15) is 13.2 Å². The first-order valence-electron chi connectivity index (χ1n) is 5.58. The molecule has 1 amide bonds. The molecule has 96 valence electrons. The first-order chi connectivity index (χ1) is 8.47. The van der Waals surface area contributed by atoms with Crippen molar-refractivity contribution in [2.45, 2.75) is 25.4 Å². The Morgan fingerprint density at radius 2 is 2.00 bits per heavy atom. The Balaban J connectivity index is 1.90. The second-order valence-electron chi connectivity index (χ2n) is 4.48. The number of nitrogens with zero attached hydrogens (tertiary/aromatic N) is 1. The molecule has 1 aromatic carbocycles. The first-order valence-corrected chi connectivity index (χ1v) is 5.58. The number of amides is 1. The third-order valence-corrected chi connectivity index (χ3v) is 3.34. The number of rotatable bonds is 0. The van der Waals surface area contributed by atoms with Crippen LogP contribution in [0.5, 0.6) is 5.75 Å². The maximum absolute atomic E-state index is 12.7. The van der Waals surface area contributed by atoms with E-state index in [0.717, 1.165) is 5.56 Å². The summed E-state index contributed by atoms with van der Waals surface area (Å²) in [6.45, 7) is 0.187. The van der Waals surface area contributed by atoms with Crippen LogP contribution in [0.3, 0.4) is 0 Å². The molecular weight excluding hydrogens is 247 g/mol. The van der Waals surface area contributed by atoms with Crippen molar-refractivity contribution in [3.63, 3.8) is 0 Å². The smallest absolute Gasteiger partial charge is 0.400 e. The molecule has 2 aliphatic rings. The van der Waals surface area contributed by atoms with Crippen LogP contribution < -0.4 is 4.74 Å². The van der Waals surface area contributed by atoms with Crippen LogP contribution in [0.15, 0.2) is 24.3 Å². The van der Waals surface area contributed by atoms with Crippen molar-refractivity contribution in [2.24, 2.45) is 5.92 Å². The second-order valence-corrected chi connectivity index (χ2v) is 4.48. The Hall–Kier alpha value is -1.72. The maximum atomic E-state index is 12.7. The Kier molecular flexibility index (Phi) is 2.30. The highest BCUT2D eigenvalue weighted by Gasteiger charge is 2.55. The van der Waals surface area contributed by atoms with E-state index in [1.807, 2.05) is 0 Å². The summed E-state index contributed by atoms with van der Waals surface area (Å²) in [6.07, 6.45) is -5.61. The highest BCUT2D eigenvalue weighted by Crippen LogP contribution is 2.41. The molecule has 0 aliphatic carbocycles.